The molecule has 104 valence electrons. The molecule has 0 fully saturated rings. The summed E-state index contributed by atoms with van der Waals surface area (Å²) in [6, 6.07) is 8.30. The third kappa shape index (κ3) is 2.15. The van der Waals surface area contributed by atoms with E-state index in [9.17, 15) is 4.79 Å². The van der Waals surface area contributed by atoms with Crippen LogP contribution in [0.3, 0.4) is 0 Å². The summed E-state index contributed by atoms with van der Waals surface area (Å²) < 4.78 is 0. The molecule has 0 unspecified atom stereocenters. The van der Waals surface area contributed by atoms with E-state index >= 15 is 0 Å². The first kappa shape index (κ1) is 12.7. The zero-order valence-electron chi connectivity index (χ0n) is 11.4. The van der Waals surface area contributed by atoms with Crippen molar-refractivity contribution in [3.63, 3.8) is 0 Å². The van der Waals surface area contributed by atoms with Crippen LogP contribution in [-0.4, -0.2) is 16.1 Å². The van der Waals surface area contributed by atoms with Crippen molar-refractivity contribution in [1.29, 1.82) is 0 Å². The van der Waals surface area contributed by atoms with Gasteiger partial charge in [0.1, 0.15) is 0 Å². The van der Waals surface area contributed by atoms with Crippen LogP contribution < -0.4 is 11.1 Å². The largest absolute Gasteiger partial charge is 0.395 e. The summed E-state index contributed by atoms with van der Waals surface area (Å²) in [4.78, 5) is 12.3. The minimum Gasteiger partial charge on any atom is -0.395 e. The highest BCUT2D eigenvalue weighted by molar-refractivity contribution is 5.97. The Morgan fingerprint density at radius 3 is 3.00 bits per heavy atom. The number of hydrogen-bond donors (Lipinski definition) is 3. The van der Waals surface area contributed by atoms with E-state index in [1.807, 2.05) is 12.1 Å². The van der Waals surface area contributed by atoms with Crippen molar-refractivity contribution < 1.29 is 4.79 Å². The van der Waals surface area contributed by atoms with E-state index in [1.165, 1.54) is 11.1 Å². The number of fused-ring (bicyclic) bond motifs is 1. The van der Waals surface area contributed by atoms with Crippen LogP contribution in [0.4, 0.5) is 5.69 Å². The molecule has 1 amide bonds. The van der Waals surface area contributed by atoms with Crippen LogP contribution in [-0.2, 0) is 6.42 Å². The topological polar surface area (TPSA) is 83.8 Å². The standard InChI is InChI=1S/C15H18N4O/c1-9-13(16)14(19-18-9)15(20)17-12-8-4-6-10-5-2-3-7-11(10)12/h2-3,5,7,12H,4,6,8,16H2,1H3,(H,17,20)(H,18,19)/t12-/m0/s1. The normalized spacial score (nSPS) is 17.6. The number of nitrogen functional groups attached to an aromatic ring is 1. The predicted octanol–water partition coefficient (Wildman–Crippen LogP) is 2.11. The number of amides is 1. The molecule has 0 saturated carbocycles. The van der Waals surface area contributed by atoms with Crippen molar-refractivity contribution in [1.82, 2.24) is 15.5 Å². The maximum absolute atomic E-state index is 12.3. The maximum atomic E-state index is 12.3. The number of hydrogen-bond acceptors (Lipinski definition) is 3. The second kappa shape index (κ2) is 5.00. The monoisotopic (exact) mass is 270 g/mol. The van der Waals surface area contributed by atoms with Crippen LogP contribution in [0.25, 0.3) is 0 Å². The third-order valence-electron chi connectivity index (χ3n) is 3.88. The number of benzene rings is 1. The van der Waals surface area contributed by atoms with Gasteiger partial charge >= 0.3 is 0 Å². The fraction of sp³-hybridized carbons (Fsp3) is 0.333. The average molecular weight is 270 g/mol. The molecular formula is C15H18N4O. The van der Waals surface area contributed by atoms with E-state index in [4.69, 9.17) is 5.73 Å². The Labute approximate surface area is 117 Å². The molecular weight excluding hydrogens is 252 g/mol. The van der Waals surface area contributed by atoms with Gasteiger partial charge in [-0.05, 0) is 37.3 Å². The fourth-order valence-electron chi connectivity index (χ4n) is 2.74. The van der Waals surface area contributed by atoms with Gasteiger partial charge in [-0.3, -0.25) is 9.89 Å². The molecule has 1 aromatic carbocycles. The summed E-state index contributed by atoms with van der Waals surface area (Å²) >= 11 is 0. The number of aromatic nitrogens is 2. The molecule has 1 aromatic heterocycles. The summed E-state index contributed by atoms with van der Waals surface area (Å²) in [5, 5.41) is 9.76. The Morgan fingerprint density at radius 2 is 2.25 bits per heavy atom. The lowest BCUT2D eigenvalue weighted by Crippen LogP contribution is -2.31. The van der Waals surface area contributed by atoms with Crippen LogP contribution in [0.2, 0.25) is 0 Å². The van der Waals surface area contributed by atoms with Crippen LogP contribution in [0, 0.1) is 6.92 Å². The molecule has 2 aromatic rings. The number of aryl methyl sites for hydroxylation is 2. The van der Waals surface area contributed by atoms with Gasteiger partial charge in [0.25, 0.3) is 5.91 Å². The highest BCUT2D eigenvalue weighted by Gasteiger charge is 2.24. The SMILES string of the molecule is Cc1[nH]nc(C(=O)N[C@H]2CCCc3ccccc32)c1N. The lowest BCUT2D eigenvalue weighted by Gasteiger charge is -2.26. The van der Waals surface area contributed by atoms with E-state index in [0.717, 1.165) is 25.0 Å². The number of carbonyl (C=O) groups excluding carboxylic acids is 1. The van der Waals surface area contributed by atoms with Gasteiger partial charge in [0.05, 0.1) is 17.4 Å². The molecule has 0 aliphatic heterocycles. The number of nitrogens with zero attached hydrogens (tertiary/aromatic N) is 1. The number of carbonyl (C=O) groups is 1. The third-order valence-corrected chi connectivity index (χ3v) is 3.88. The smallest absolute Gasteiger partial charge is 0.274 e. The molecule has 0 spiro atoms. The summed E-state index contributed by atoms with van der Waals surface area (Å²) in [5.74, 6) is -0.214. The van der Waals surface area contributed by atoms with Gasteiger partial charge in [-0.1, -0.05) is 24.3 Å². The number of aromatic amines is 1. The molecule has 0 saturated heterocycles. The summed E-state index contributed by atoms with van der Waals surface area (Å²) in [5.41, 5.74) is 9.80. The van der Waals surface area contributed by atoms with E-state index in [-0.39, 0.29) is 17.6 Å². The summed E-state index contributed by atoms with van der Waals surface area (Å²) in [6.07, 6.45) is 3.11. The van der Waals surface area contributed by atoms with Gasteiger partial charge in [0, 0.05) is 0 Å². The van der Waals surface area contributed by atoms with Crippen LogP contribution in [0.1, 0.15) is 46.2 Å². The Balaban J connectivity index is 1.82. The van der Waals surface area contributed by atoms with Crippen molar-refractivity contribution in [3.05, 3.63) is 46.8 Å². The Kier molecular flexibility index (Phi) is 3.18. The highest BCUT2D eigenvalue weighted by Crippen LogP contribution is 2.29. The lowest BCUT2D eigenvalue weighted by molar-refractivity contribution is 0.0928. The van der Waals surface area contributed by atoms with E-state index in [0.29, 0.717) is 5.69 Å². The molecule has 0 radical (unpaired) electrons. The van der Waals surface area contributed by atoms with Crippen molar-refractivity contribution in [2.75, 3.05) is 5.73 Å². The van der Waals surface area contributed by atoms with Crippen LogP contribution >= 0.6 is 0 Å². The molecule has 3 rings (SSSR count). The molecule has 20 heavy (non-hydrogen) atoms. The predicted molar refractivity (Wildman–Crippen MR) is 77.3 cm³/mol. The summed E-state index contributed by atoms with van der Waals surface area (Å²) in [7, 11) is 0. The minimum absolute atomic E-state index is 0.0452. The van der Waals surface area contributed by atoms with Gasteiger partial charge in [0.15, 0.2) is 5.69 Å². The first-order valence-corrected chi connectivity index (χ1v) is 6.86. The van der Waals surface area contributed by atoms with Gasteiger partial charge in [-0.15, -0.1) is 0 Å². The zero-order valence-corrected chi connectivity index (χ0v) is 11.4. The van der Waals surface area contributed by atoms with E-state index < -0.39 is 0 Å². The lowest BCUT2D eigenvalue weighted by atomic mass is 9.87. The summed E-state index contributed by atoms with van der Waals surface area (Å²) in [6.45, 7) is 1.80. The Bertz CT molecular complexity index is 647. The fourth-order valence-corrected chi connectivity index (χ4v) is 2.74. The van der Waals surface area contributed by atoms with Crippen molar-refractivity contribution >= 4 is 11.6 Å². The van der Waals surface area contributed by atoms with Gasteiger partial charge in [-0.25, -0.2) is 0 Å². The second-order valence-electron chi connectivity index (χ2n) is 5.23. The zero-order chi connectivity index (χ0) is 14.1. The number of H-pyrrole nitrogens is 1. The molecule has 5 heteroatoms. The second-order valence-corrected chi connectivity index (χ2v) is 5.23. The van der Waals surface area contributed by atoms with Gasteiger partial charge < -0.3 is 11.1 Å². The molecule has 1 atom stereocenters. The first-order valence-electron chi connectivity index (χ1n) is 6.86. The molecule has 1 aliphatic carbocycles. The average Bonchev–Trinajstić information content (AvgIpc) is 2.79. The molecule has 5 nitrogen and oxygen atoms in total. The van der Waals surface area contributed by atoms with E-state index in [1.54, 1.807) is 6.92 Å². The van der Waals surface area contributed by atoms with Crippen LogP contribution in [0.5, 0.6) is 0 Å². The quantitative estimate of drug-likeness (QED) is 0.781. The highest BCUT2D eigenvalue weighted by atomic mass is 16.2. The number of nitrogens with two attached hydrogens (primary N) is 1. The number of anilines is 1. The first-order chi connectivity index (χ1) is 9.66. The molecule has 0 bridgehead atoms. The van der Waals surface area contributed by atoms with Gasteiger partial charge in [-0.2, -0.15) is 5.10 Å². The molecule has 1 heterocycles. The molecule has 1 aliphatic rings. The molecule has 4 N–H and O–H groups in total. The van der Waals surface area contributed by atoms with Gasteiger partial charge in [0.2, 0.25) is 0 Å². The van der Waals surface area contributed by atoms with E-state index in [2.05, 4.69) is 27.6 Å². The minimum atomic E-state index is -0.214. The maximum Gasteiger partial charge on any atom is 0.274 e. The van der Waals surface area contributed by atoms with Crippen molar-refractivity contribution in [2.24, 2.45) is 0 Å². The number of rotatable bonds is 2. The van der Waals surface area contributed by atoms with Crippen molar-refractivity contribution in [3.8, 4) is 0 Å². The van der Waals surface area contributed by atoms with Crippen LogP contribution in [0.15, 0.2) is 24.3 Å². The Morgan fingerprint density at radius 1 is 1.45 bits per heavy atom. The van der Waals surface area contributed by atoms with Crippen molar-refractivity contribution in [2.45, 2.75) is 32.2 Å². The Hall–Kier alpha value is -2.30. The number of nitrogens with one attached hydrogen (secondary N) is 2.